The van der Waals surface area contributed by atoms with Crippen LogP contribution < -0.4 is 4.57 Å². The quantitative estimate of drug-likeness (QED) is 0.608. The van der Waals surface area contributed by atoms with E-state index < -0.39 is 0 Å². The molecule has 5 heteroatoms. The molecular formula is C21H32N3O2+. The molecule has 5 nitrogen and oxygen atoms in total. The van der Waals surface area contributed by atoms with Crippen LogP contribution in [0.15, 0.2) is 18.3 Å². The second kappa shape index (κ2) is 7.77. The Hall–Kier alpha value is -1.91. The fourth-order valence-corrected chi connectivity index (χ4v) is 4.48. The summed E-state index contributed by atoms with van der Waals surface area (Å²) in [5.74, 6) is 2.58. The summed E-state index contributed by atoms with van der Waals surface area (Å²) in [6.45, 7) is 9.07. The van der Waals surface area contributed by atoms with E-state index in [1.165, 1.54) is 6.42 Å². The number of nitrogens with zero attached hydrogens (tertiary/aromatic N) is 3. The summed E-state index contributed by atoms with van der Waals surface area (Å²) in [5, 5.41) is 0. The van der Waals surface area contributed by atoms with Crippen LogP contribution in [0.4, 0.5) is 0 Å². The van der Waals surface area contributed by atoms with E-state index in [1.54, 1.807) is 6.20 Å². The minimum Gasteiger partial charge on any atom is -0.460 e. The fraction of sp³-hybridized carbons (Fsp3) is 0.667. The topological polar surface area (TPSA) is 48.0 Å². The van der Waals surface area contributed by atoms with Gasteiger partial charge in [-0.05, 0) is 42.7 Å². The maximum atomic E-state index is 12.8. The molecule has 0 aromatic carbocycles. The molecule has 3 atom stereocenters. The Morgan fingerprint density at radius 2 is 2.19 bits per heavy atom. The molecule has 0 bridgehead atoms. The van der Waals surface area contributed by atoms with Gasteiger partial charge in [-0.25, -0.2) is 9.36 Å². The van der Waals surface area contributed by atoms with E-state index in [4.69, 9.17) is 4.74 Å². The zero-order valence-corrected chi connectivity index (χ0v) is 16.7. The van der Waals surface area contributed by atoms with Gasteiger partial charge in [0, 0.05) is 6.42 Å². The normalized spacial score (nSPS) is 23.5. The third-order valence-corrected chi connectivity index (χ3v) is 5.93. The number of esters is 1. The lowest BCUT2D eigenvalue weighted by atomic mass is 9.75. The number of pyridine rings is 1. The number of hydrogen-bond donors (Lipinski definition) is 0. The molecule has 0 N–H and O–H groups in total. The number of carbonyl (C=O) groups excluding carboxylic acids is 1. The van der Waals surface area contributed by atoms with Crippen molar-refractivity contribution in [3.8, 4) is 0 Å². The molecule has 1 saturated carbocycles. The van der Waals surface area contributed by atoms with E-state index in [2.05, 4.69) is 37.2 Å². The van der Waals surface area contributed by atoms with E-state index in [-0.39, 0.29) is 18.6 Å². The second-order valence-corrected chi connectivity index (χ2v) is 8.12. The number of carbonyl (C=O) groups is 1. The Bertz CT molecular complexity index is 781. The first kappa shape index (κ1) is 18.9. The fourth-order valence-electron chi connectivity index (χ4n) is 4.48. The molecule has 3 rings (SSSR count). The number of aromatic nitrogens is 3. The van der Waals surface area contributed by atoms with Crippen molar-refractivity contribution >= 4 is 17.1 Å². The average molecular weight is 359 g/mol. The molecule has 1 aliphatic rings. The molecule has 0 spiro atoms. The Kier molecular flexibility index (Phi) is 5.64. The minimum absolute atomic E-state index is 0.0415. The van der Waals surface area contributed by atoms with Crippen LogP contribution in [0.1, 0.15) is 52.8 Å². The SMILES string of the molecule is CCc1n(C)c2cccnc2[n+]1CC(=O)O[C@@H]1C[C@H](C)CCC1C(C)C. The van der Waals surface area contributed by atoms with Crippen molar-refractivity contribution in [2.75, 3.05) is 0 Å². The maximum Gasteiger partial charge on any atom is 0.341 e. The summed E-state index contributed by atoms with van der Waals surface area (Å²) in [4.78, 5) is 17.3. The predicted molar refractivity (Wildman–Crippen MR) is 102 cm³/mol. The molecule has 0 radical (unpaired) electrons. The first-order chi connectivity index (χ1) is 12.4. The van der Waals surface area contributed by atoms with Gasteiger partial charge in [-0.3, -0.25) is 4.57 Å². The van der Waals surface area contributed by atoms with Gasteiger partial charge in [-0.1, -0.05) is 34.1 Å². The van der Waals surface area contributed by atoms with Gasteiger partial charge in [-0.15, -0.1) is 4.98 Å². The minimum atomic E-state index is -0.146. The lowest BCUT2D eigenvalue weighted by Gasteiger charge is -2.36. The lowest BCUT2D eigenvalue weighted by Crippen LogP contribution is -2.45. The van der Waals surface area contributed by atoms with E-state index in [9.17, 15) is 4.79 Å². The van der Waals surface area contributed by atoms with Crippen LogP contribution in [-0.4, -0.2) is 21.6 Å². The van der Waals surface area contributed by atoms with Gasteiger partial charge in [-0.2, -0.15) is 0 Å². The molecule has 142 valence electrons. The molecule has 2 aromatic rings. The van der Waals surface area contributed by atoms with E-state index in [1.807, 2.05) is 23.7 Å². The largest absolute Gasteiger partial charge is 0.460 e. The molecule has 2 aromatic heterocycles. The van der Waals surface area contributed by atoms with Crippen molar-refractivity contribution in [3.63, 3.8) is 0 Å². The standard InChI is InChI=1S/C21H32N3O2/c1-6-19-23(5)17-8-7-11-22-21(17)24(19)13-20(25)26-18-12-15(4)9-10-16(18)14(2)3/h7-8,11,14-16,18H,6,9-10,12-13H2,1-5H3/q+1/t15-,16?,18-/m1/s1. The molecule has 2 heterocycles. The van der Waals surface area contributed by atoms with Gasteiger partial charge >= 0.3 is 11.6 Å². The van der Waals surface area contributed by atoms with Crippen LogP contribution in [0.2, 0.25) is 0 Å². The van der Waals surface area contributed by atoms with E-state index in [0.717, 1.165) is 36.3 Å². The van der Waals surface area contributed by atoms with E-state index in [0.29, 0.717) is 17.8 Å². The van der Waals surface area contributed by atoms with Crippen molar-refractivity contribution in [2.45, 2.75) is 66.0 Å². The highest BCUT2D eigenvalue weighted by molar-refractivity contribution is 5.71. The highest BCUT2D eigenvalue weighted by Crippen LogP contribution is 2.35. The maximum absolute atomic E-state index is 12.8. The monoisotopic (exact) mass is 358 g/mol. The second-order valence-electron chi connectivity index (χ2n) is 8.12. The number of aryl methyl sites for hydroxylation is 1. The third-order valence-electron chi connectivity index (χ3n) is 5.93. The molecule has 26 heavy (non-hydrogen) atoms. The zero-order valence-electron chi connectivity index (χ0n) is 16.7. The summed E-state index contributed by atoms with van der Waals surface area (Å²) in [5.41, 5.74) is 1.89. The van der Waals surface area contributed by atoms with Crippen LogP contribution in [-0.2, 0) is 29.5 Å². The van der Waals surface area contributed by atoms with Gasteiger partial charge in [0.1, 0.15) is 12.3 Å². The lowest BCUT2D eigenvalue weighted by molar-refractivity contribution is -0.670. The number of ether oxygens (including phenoxy) is 1. The number of fused-ring (bicyclic) bond motifs is 1. The summed E-state index contributed by atoms with van der Waals surface area (Å²) in [6, 6.07) is 3.97. The van der Waals surface area contributed by atoms with Crippen molar-refractivity contribution in [1.29, 1.82) is 0 Å². The Balaban J connectivity index is 1.81. The highest BCUT2D eigenvalue weighted by Gasteiger charge is 2.34. The Morgan fingerprint density at radius 3 is 2.88 bits per heavy atom. The molecular weight excluding hydrogens is 326 g/mol. The van der Waals surface area contributed by atoms with Crippen molar-refractivity contribution < 1.29 is 14.1 Å². The summed E-state index contributed by atoms with van der Waals surface area (Å²) < 4.78 is 10.1. The molecule has 1 aliphatic carbocycles. The molecule has 0 amide bonds. The smallest absolute Gasteiger partial charge is 0.341 e. The van der Waals surface area contributed by atoms with Crippen LogP contribution in [0.3, 0.4) is 0 Å². The van der Waals surface area contributed by atoms with Crippen LogP contribution in [0.25, 0.3) is 11.2 Å². The molecule has 1 unspecified atom stereocenters. The van der Waals surface area contributed by atoms with Crippen LogP contribution in [0, 0.1) is 17.8 Å². The Morgan fingerprint density at radius 1 is 1.42 bits per heavy atom. The summed E-state index contributed by atoms with van der Waals surface area (Å²) in [7, 11) is 2.03. The first-order valence-electron chi connectivity index (χ1n) is 9.93. The van der Waals surface area contributed by atoms with Crippen molar-refractivity contribution in [2.24, 2.45) is 24.8 Å². The highest BCUT2D eigenvalue weighted by atomic mass is 16.5. The zero-order chi connectivity index (χ0) is 18.8. The number of imidazole rings is 1. The number of hydrogen-bond acceptors (Lipinski definition) is 3. The van der Waals surface area contributed by atoms with Crippen LogP contribution in [0.5, 0.6) is 0 Å². The molecule has 1 fully saturated rings. The average Bonchev–Trinajstić information content (AvgIpc) is 2.86. The van der Waals surface area contributed by atoms with Crippen molar-refractivity contribution in [1.82, 2.24) is 9.55 Å². The van der Waals surface area contributed by atoms with E-state index >= 15 is 0 Å². The van der Waals surface area contributed by atoms with Gasteiger partial charge < -0.3 is 4.74 Å². The number of rotatable bonds is 5. The third kappa shape index (κ3) is 3.62. The van der Waals surface area contributed by atoms with Gasteiger partial charge in [0.2, 0.25) is 5.82 Å². The van der Waals surface area contributed by atoms with Crippen LogP contribution >= 0.6 is 0 Å². The summed E-state index contributed by atoms with van der Waals surface area (Å²) >= 11 is 0. The summed E-state index contributed by atoms with van der Waals surface area (Å²) in [6.07, 6.45) is 6.03. The van der Waals surface area contributed by atoms with Gasteiger partial charge in [0.15, 0.2) is 12.1 Å². The van der Waals surface area contributed by atoms with Gasteiger partial charge in [0.05, 0.1) is 7.05 Å². The first-order valence-corrected chi connectivity index (χ1v) is 9.93. The Labute approximate surface area is 156 Å². The van der Waals surface area contributed by atoms with Gasteiger partial charge in [0.25, 0.3) is 0 Å². The predicted octanol–water partition coefficient (Wildman–Crippen LogP) is 3.43. The van der Waals surface area contributed by atoms with Crippen molar-refractivity contribution in [3.05, 3.63) is 24.2 Å². The molecule has 0 aliphatic heterocycles. The molecule has 0 saturated heterocycles.